The van der Waals surface area contributed by atoms with Crippen molar-refractivity contribution in [3.05, 3.63) is 59.7 Å². The molecular formula is C20H24N2O3S. The van der Waals surface area contributed by atoms with Gasteiger partial charge in [-0.3, -0.25) is 4.79 Å². The van der Waals surface area contributed by atoms with E-state index in [2.05, 4.69) is 0 Å². The van der Waals surface area contributed by atoms with Crippen molar-refractivity contribution in [1.82, 2.24) is 4.90 Å². The summed E-state index contributed by atoms with van der Waals surface area (Å²) < 4.78 is 5.19. The van der Waals surface area contributed by atoms with E-state index in [0.717, 1.165) is 16.1 Å². The summed E-state index contributed by atoms with van der Waals surface area (Å²) in [6.45, 7) is 0.194. The topological polar surface area (TPSA) is 49.9 Å². The zero-order valence-electron chi connectivity index (χ0n) is 15.6. The Morgan fingerprint density at radius 1 is 1.00 bits per heavy atom. The van der Waals surface area contributed by atoms with Gasteiger partial charge in [0.15, 0.2) is 6.61 Å². The first-order chi connectivity index (χ1) is 12.4. The third-order valence-electron chi connectivity index (χ3n) is 3.95. The molecule has 0 saturated heterocycles. The van der Waals surface area contributed by atoms with Crippen molar-refractivity contribution in [1.29, 1.82) is 0 Å². The molecule has 0 saturated carbocycles. The van der Waals surface area contributed by atoms with Crippen molar-refractivity contribution < 1.29 is 14.3 Å². The highest BCUT2D eigenvalue weighted by molar-refractivity contribution is 7.98. The van der Waals surface area contributed by atoms with Crippen molar-refractivity contribution in [3.8, 4) is 0 Å². The summed E-state index contributed by atoms with van der Waals surface area (Å²) in [5.74, 6) is -0.719. The fraction of sp³-hybridized carbons (Fsp3) is 0.300. The second kappa shape index (κ2) is 9.29. The second-order valence-electron chi connectivity index (χ2n) is 6.09. The first-order valence-electron chi connectivity index (χ1n) is 8.22. The highest BCUT2D eigenvalue weighted by atomic mass is 32.2. The fourth-order valence-electron chi connectivity index (χ4n) is 2.39. The first-order valence-corrected chi connectivity index (χ1v) is 9.45. The zero-order chi connectivity index (χ0) is 19.1. The lowest BCUT2D eigenvalue weighted by molar-refractivity contribution is -0.133. The van der Waals surface area contributed by atoms with Gasteiger partial charge in [-0.25, -0.2) is 4.79 Å². The number of likely N-dealkylation sites (N-methyl/N-ethyl adjacent to an activating group) is 1. The van der Waals surface area contributed by atoms with Crippen molar-refractivity contribution in [2.24, 2.45) is 0 Å². The van der Waals surface area contributed by atoms with Gasteiger partial charge >= 0.3 is 5.97 Å². The number of carbonyl (C=O) groups excluding carboxylic acids is 2. The minimum absolute atomic E-state index is 0.239. The summed E-state index contributed by atoms with van der Waals surface area (Å²) in [6.07, 6.45) is 1.90. The lowest BCUT2D eigenvalue weighted by Crippen LogP contribution is -2.30. The summed E-state index contributed by atoms with van der Waals surface area (Å²) in [5.41, 5.74) is 2.60. The molecule has 0 aliphatic rings. The molecule has 6 heteroatoms. The molecule has 2 aromatic rings. The van der Waals surface area contributed by atoms with Crippen LogP contribution >= 0.6 is 11.8 Å². The maximum absolute atomic E-state index is 12.2. The largest absolute Gasteiger partial charge is 0.452 e. The normalized spacial score (nSPS) is 10.3. The molecule has 0 bridgehead atoms. The van der Waals surface area contributed by atoms with E-state index in [4.69, 9.17) is 4.74 Å². The molecule has 1 amide bonds. The van der Waals surface area contributed by atoms with Gasteiger partial charge < -0.3 is 14.5 Å². The third-order valence-corrected chi connectivity index (χ3v) is 4.75. The van der Waals surface area contributed by atoms with Gasteiger partial charge in [0.25, 0.3) is 5.91 Å². The van der Waals surface area contributed by atoms with Crippen LogP contribution in [0.4, 0.5) is 5.69 Å². The number of amides is 1. The Labute approximate surface area is 158 Å². The van der Waals surface area contributed by atoms with Crippen LogP contribution in [0.5, 0.6) is 0 Å². The molecular weight excluding hydrogens is 348 g/mol. The summed E-state index contributed by atoms with van der Waals surface area (Å²) in [6, 6.07) is 15.2. The third kappa shape index (κ3) is 5.26. The van der Waals surface area contributed by atoms with E-state index < -0.39 is 5.97 Å². The highest BCUT2D eigenvalue weighted by Gasteiger charge is 2.16. The van der Waals surface area contributed by atoms with Crippen LogP contribution in [0.2, 0.25) is 0 Å². The number of carbonyl (C=O) groups is 2. The number of nitrogens with zero attached hydrogens (tertiary/aromatic N) is 2. The van der Waals surface area contributed by atoms with Crippen LogP contribution in [0.1, 0.15) is 15.9 Å². The van der Waals surface area contributed by atoms with E-state index in [-0.39, 0.29) is 12.5 Å². The number of thioether (sulfide) groups is 1. The lowest BCUT2D eigenvalue weighted by atomic mass is 10.2. The minimum atomic E-state index is -0.480. The number of hydrogen-bond acceptors (Lipinski definition) is 5. The Morgan fingerprint density at radius 2 is 1.65 bits per heavy atom. The Bertz CT molecular complexity index is 760. The SMILES string of the molecule is CSc1ccccc1C(=O)OCC(=O)N(C)Cc1ccc(N(C)C)cc1. The van der Waals surface area contributed by atoms with E-state index >= 15 is 0 Å². The number of rotatable bonds is 7. The van der Waals surface area contributed by atoms with Crippen LogP contribution in [-0.2, 0) is 16.1 Å². The molecule has 0 N–H and O–H groups in total. The van der Waals surface area contributed by atoms with E-state index in [1.807, 2.05) is 61.6 Å². The Morgan fingerprint density at radius 3 is 2.27 bits per heavy atom. The Hall–Kier alpha value is -2.47. The number of ether oxygens (including phenoxy) is 1. The Kier molecular flexibility index (Phi) is 7.09. The molecule has 138 valence electrons. The predicted octanol–water partition coefficient (Wildman–Crippen LogP) is 3.29. The maximum Gasteiger partial charge on any atom is 0.339 e. The zero-order valence-corrected chi connectivity index (χ0v) is 16.4. The van der Waals surface area contributed by atoms with Gasteiger partial charge in [0.2, 0.25) is 0 Å². The molecule has 0 aromatic heterocycles. The fourth-order valence-corrected chi connectivity index (χ4v) is 2.98. The average Bonchev–Trinajstić information content (AvgIpc) is 2.66. The van der Waals surface area contributed by atoms with E-state index in [1.54, 1.807) is 24.1 Å². The van der Waals surface area contributed by atoms with Gasteiger partial charge in [0.1, 0.15) is 0 Å². The minimum Gasteiger partial charge on any atom is -0.452 e. The molecule has 2 rings (SSSR count). The highest BCUT2D eigenvalue weighted by Crippen LogP contribution is 2.20. The van der Waals surface area contributed by atoms with Crippen molar-refractivity contribution in [2.45, 2.75) is 11.4 Å². The molecule has 26 heavy (non-hydrogen) atoms. The molecule has 0 atom stereocenters. The van der Waals surface area contributed by atoms with E-state index in [0.29, 0.717) is 12.1 Å². The van der Waals surface area contributed by atoms with Gasteiger partial charge in [-0.05, 0) is 36.1 Å². The summed E-state index contributed by atoms with van der Waals surface area (Å²) in [7, 11) is 5.66. The smallest absolute Gasteiger partial charge is 0.339 e. The molecule has 5 nitrogen and oxygen atoms in total. The number of esters is 1. The van der Waals surface area contributed by atoms with Crippen LogP contribution in [0, 0.1) is 0 Å². The average molecular weight is 372 g/mol. The standard InChI is InChI=1S/C20H24N2O3S/c1-21(2)16-11-9-15(10-12-16)13-22(3)19(23)14-25-20(24)17-7-5-6-8-18(17)26-4/h5-12H,13-14H2,1-4H3. The Balaban J connectivity index is 1.89. The van der Waals surface area contributed by atoms with Crippen LogP contribution < -0.4 is 4.90 Å². The summed E-state index contributed by atoms with van der Waals surface area (Å²) >= 11 is 1.47. The number of benzene rings is 2. The molecule has 0 heterocycles. The molecule has 0 fully saturated rings. The van der Waals surface area contributed by atoms with Gasteiger partial charge in [0, 0.05) is 38.3 Å². The van der Waals surface area contributed by atoms with Crippen molar-refractivity contribution in [2.75, 3.05) is 38.9 Å². The summed E-state index contributed by atoms with van der Waals surface area (Å²) in [5, 5.41) is 0. The van der Waals surface area contributed by atoms with Crippen LogP contribution in [-0.4, -0.2) is 50.8 Å². The van der Waals surface area contributed by atoms with Gasteiger partial charge in [-0.15, -0.1) is 11.8 Å². The second-order valence-corrected chi connectivity index (χ2v) is 6.94. The maximum atomic E-state index is 12.2. The summed E-state index contributed by atoms with van der Waals surface area (Å²) in [4.78, 5) is 28.9. The molecule has 0 aliphatic heterocycles. The van der Waals surface area contributed by atoms with Crippen LogP contribution in [0.3, 0.4) is 0 Å². The van der Waals surface area contributed by atoms with Crippen LogP contribution in [0.25, 0.3) is 0 Å². The molecule has 0 radical (unpaired) electrons. The quantitative estimate of drug-likeness (QED) is 0.551. The monoisotopic (exact) mass is 372 g/mol. The number of anilines is 1. The molecule has 2 aromatic carbocycles. The van der Waals surface area contributed by atoms with Crippen molar-refractivity contribution in [3.63, 3.8) is 0 Å². The van der Waals surface area contributed by atoms with E-state index in [1.165, 1.54) is 11.8 Å². The van der Waals surface area contributed by atoms with Gasteiger partial charge in [-0.2, -0.15) is 0 Å². The molecule has 0 unspecified atom stereocenters. The van der Waals surface area contributed by atoms with Crippen LogP contribution in [0.15, 0.2) is 53.4 Å². The van der Waals surface area contributed by atoms with E-state index in [9.17, 15) is 9.59 Å². The molecule has 0 aliphatic carbocycles. The lowest BCUT2D eigenvalue weighted by Gasteiger charge is -2.18. The molecule has 0 spiro atoms. The van der Waals surface area contributed by atoms with Gasteiger partial charge in [0.05, 0.1) is 5.56 Å². The predicted molar refractivity (Wildman–Crippen MR) is 106 cm³/mol. The van der Waals surface area contributed by atoms with Crippen molar-refractivity contribution >= 4 is 29.3 Å². The number of hydrogen-bond donors (Lipinski definition) is 0. The van der Waals surface area contributed by atoms with Gasteiger partial charge in [-0.1, -0.05) is 24.3 Å². The first kappa shape index (κ1) is 19.8.